The first-order valence-corrected chi connectivity index (χ1v) is 7.97. The van der Waals surface area contributed by atoms with Crippen LogP contribution in [0.3, 0.4) is 0 Å². The summed E-state index contributed by atoms with van der Waals surface area (Å²) in [6.07, 6.45) is 6.29. The first-order valence-electron chi connectivity index (χ1n) is 7.97. The van der Waals surface area contributed by atoms with Gasteiger partial charge in [0.05, 0.1) is 0 Å². The summed E-state index contributed by atoms with van der Waals surface area (Å²) in [7, 11) is 0. The van der Waals surface area contributed by atoms with E-state index >= 15 is 0 Å². The largest absolute Gasteiger partial charge is 0.508 e. The highest BCUT2D eigenvalue weighted by molar-refractivity contribution is 5.89. The van der Waals surface area contributed by atoms with Gasteiger partial charge in [0.15, 0.2) is 0 Å². The number of phenols is 1. The van der Waals surface area contributed by atoms with Gasteiger partial charge >= 0.3 is 6.03 Å². The van der Waals surface area contributed by atoms with Crippen molar-refractivity contribution >= 4 is 17.5 Å². The van der Waals surface area contributed by atoms with Crippen LogP contribution < -0.4 is 10.6 Å². The maximum atomic E-state index is 11.6. The predicted octanol–water partition coefficient (Wildman–Crippen LogP) is 3.83. The molecule has 0 aliphatic carbocycles. The zero-order valence-corrected chi connectivity index (χ0v) is 13.2. The van der Waals surface area contributed by atoms with E-state index in [9.17, 15) is 9.59 Å². The first kappa shape index (κ1) is 18.0. The van der Waals surface area contributed by atoms with E-state index < -0.39 is 0 Å². The summed E-state index contributed by atoms with van der Waals surface area (Å²) in [5, 5.41) is 14.5. The van der Waals surface area contributed by atoms with Crippen molar-refractivity contribution < 1.29 is 14.7 Å². The summed E-state index contributed by atoms with van der Waals surface area (Å²) in [4.78, 5) is 23.2. The van der Waals surface area contributed by atoms with Crippen molar-refractivity contribution in [2.24, 2.45) is 0 Å². The molecule has 0 unspecified atom stereocenters. The first-order chi connectivity index (χ1) is 10.6. The Balaban J connectivity index is 2.07. The van der Waals surface area contributed by atoms with Crippen molar-refractivity contribution in [1.29, 1.82) is 0 Å². The molecule has 0 saturated carbocycles. The number of Topliss-reactive ketones (excluding diaryl/α,β-unsaturated/α-hetero) is 1. The number of hydrogen-bond donors (Lipinski definition) is 3. The number of ketones is 1. The molecule has 0 atom stereocenters. The Labute approximate surface area is 132 Å². The maximum absolute atomic E-state index is 11.6. The van der Waals surface area contributed by atoms with Gasteiger partial charge in [0.2, 0.25) is 0 Å². The fourth-order valence-electron chi connectivity index (χ4n) is 2.08. The van der Waals surface area contributed by atoms with Crippen LogP contribution in [0, 0.1) is 0 Å². The normalized spacial score (nSPS) is 10.2. The van der Waals surface area contributed by atoms with Gasteiger partial charge in [0.25, 0.3) is 0 Å². The van der Waals surface area contributed by atoms with Gasteiger partial charge in [-0.3, -0.25) is 4.79 Å². The van der Waals surface area contributed by atoms with E-state index in [2.05, 4.69) is 17.6 Å². The molecule has 3 N–H and O–H groups in total. The van der Waals surface area contributed by atoms with E-state index in [4.69, 9.17) is 5.11 Å². The van der Waals surface area contributed by atoms with Crippen LogP contribution in [0.1, 0.15) is 51.9 Å². The second-order valence-electron chi connectivity index (χ2n) is 5.38. The van der Waals surface area contributed by atoms with Crippen molar-refractivity contribution in [3.8, 4) is 5.75 Å². The monoisotopic (exact) mass is 306 g/mol. The Hall–Kier alpha value is -2.04. The van der Waals surface area contributed by atoms with Crippen molar-refractivity contribution in [1.82, 2.24) is 5.32 Å². The van der Waals surface area contributed by atoms with Crippen LogP contribution in [0.15, 0.2) is 24.3 Å². The number of unbranched alkanes of at least 4 members (excludes halogenated alkanes) is 3. The Morgan fingerprint density at radius 2 is 1.68 bits per heavy atom. The highest BCUT2D eigenvalue weighted by Crippen LogP contribution is 2.13. The number of hydrogen-bond acceptors (Lipinski definition) is 3. The van der Waals surface area contributed by atoms with Crippen molar-refractivity contribution in [2.45, 2.75) is 51.9 Å². The summed E-state index contributed by atoms with van der Waals surface area (Å²) in [6.45, 7) is 2.63. The number of anilines is 1. The predicted molar refractivity (Wildman–Crippen MR) is 88.1 cm³/mol. The lowest BCUT2D eigenvalue weighted by Gasteiger charge is -2.07. The molecule has 0 aliphatic rings. The van der Waals surface area contributed by atoms with E-state index in [1.165, 1.54) is 25.0 Å². The summed E-state index contributed by atoms with van der Waals surface area (Å²) in [5.74, 6) is 0.431. The summed E-state index contributed by atoms with van der Waals surface area (Å²) in [6, 6.07) is 5.95. The van der Waals surface area contributed by atoms with Crippen molar-refractivity contribution in [3.63, 3.8) is 0 Å². The Kier molecular flexibility index (Phi) is 8.72. The third-order valence-electron chi connectivity index (χ3n) is 3.35. The highest BCUT2D eigenvalue weighted by atomic mass is 16.3. The van der Waals surface area contributed by atoms with E-state index in [0.29, 0.717) is 31.5 Å². The number of carbonyl (C=O) groups excluding carboxylic acids is 2. The Bertz CT molecular complexity index is 457. The third-order valence-corrected chi connectivity index (χ3v) is 3.35. The maximum Gasteiger partial charge on any atom is 0.319 e. The quantitative estimate of drug-likeness (QED) is 0.454. The van der Waals surface area contributed by atoms with Crippen LogP contribution in [0.4, 0.5) is 10.5 Å². The lowest BCUT2D eigenvalue weighted by molar-refractivity contribution is -0.119. The molecule has 2 amide bonds. The average molecular weight is 306 g/mol. The molecule has 122 valence electrons. The molecule has 22 heavy (non-hydrogen) atoms. The molecule has 0 radical (unpaired) electrons. The average Bonchev–Trinajstić information content (AvgIpc) is 2.50. The fraction of sp³-hybridized carbons (Fsp3) is 0.529. The molecule has 0 aliphatic heterocycles. The van der Waals surface area contributed by atoms with Crippen LogP contribution >= 0.6 is 0 Å². The summed E-state index contributed by atoms with van der Waals surface area (Å²) >= 11 is 0. The number of nitrogens with one attached hydrogen (secondary N) is 2. The van der Waals surface area contributed by atoms with E-state index in [0.717, 1.165) is 12.8 Å². The molecule has 1 aromatic rings. The molecule has 0 saturated heterocycles. The standard InChI is InChI=1S/C17H26N2O3/c1-2-3-4-5-7-15(20)8-6-13-18-17(22)19-14-9-11-16(21)12-10-14/h9-12,21H,2-8,13H2,1H3,(H2,18,19,22). The summed E-state index contributed by atoms with van der Waals surface area (Å²) < 4.78 is 0. The van der Waals surface area contributed by atoms with Crippen molar-refractivity contribution in [2.75, 3.05) is 11.9 Å². The smallest absolute Gasteiger partial charge is 0.319 e. The van der Waals surface area contributed by atoms with Gasteiger partial charge in [-0.05, 0) is 37.1 Å². The lowest BCUT2D eigenvalue weighted by atomic mass is 10.1. The number of phenolic OH excluding ortho intramolecular Hbond substituents is 1. The second-order valence-corrected chi connectivity index (χ2v) is 5.38. The SMILES string of the molecule is CCCCCCC(=O)CCCNC(=O)Nc1ccc(O)cc1. The number of carbonyl (C=O) groups is 2. The molecule has 5 heteroatoms. The van der Waals surface area contributed by atoms with Crippen LogP contribution in [-0.2, 0) is 4.79 Å². The molecular weight excluding hydrogens is 280 g/mol. The Morgan fingerprint density at radius 1 is 1.00 bits per heavy atom. The van der Waals surface area contributed by atoms with E-state index in [-0.39, 0.29) is 17.6 Å². The van der Waals surface area contributed by atoms with Gasteiger partial charge < -0.3 is 15.7 Å². The van der Waals surface area contributed by atoms with E-state index in [1.54, 1.807) is 12.1 Å². The number of amides is 2. The van der Waals surface area contributed by atoms with Crippen LogP contribution in [0.5, 0.6) is 5.75 Å². The van der Waals surface area contributed by atoms with Gasteiger partial charge in [0.1, 0.15) is 11.5 Å². The zero-order valence-electron chi connectivity index (χ0n) is 13.2. The molecule has 1 aromatic carbocycles. The van der Waals surface area contributed by atoms with Gasteiger partial charge in [-0.25, -0.2) is 4.79 Å². The van der Waals surface area contributed by atoms with Gasteiger partial charge in [-0.1, -0.05) is 26.2 Å². The molecule has 0 spiro atoms. The summed E-state index contributed by atoms with van der Waals surface area (Å²) in [5.41, 5.74) is 0.613. The Morgan fingerprint density at radius 3 is 2.36 bits per heavy atom. The number of urea groups is 1. The van der Waals surface area contributed by atoms with Crippen LogP contribution in [0.2, 0.25) is 0 Å². The topological polar surface area (TPSA) is 78.4 Å². The lowest BCUT2D eigenvalue weighted by Crippen LogP contribution is -2.29. The highest BCUT2D eigenvalue weighted by Gasteiger charge is 2.04. The number of aromatic hydroxyl groups is 1. The van der Waals surface area contributed by atoms with Gasteiger partial charge in [-0.2, -0.15) is 0 Å². The van der Waals surface area contributed by atoms with Crippen LogP contribution in [-0.4, -0.2) is 23.5 Å². The van der Waals surface area contributed by atoms with Crippen molar-refractivity contribution in [3.05, 3.63) is 24.3 Å². The minimum atomic E-state index is -0.305. The molecule has 1 rings (SSSR count). The number of benzene rings is 1. The fourth-order valence-corrected chi connectivity index (χ4v) is 2.08. The number of rotatable bonds is 10. The molecule has 0 bridgehead atoms. The molecule has 0 fully saturated rings. The molecule has 5 nitrogen and oxygen atoms in total. The zero-order chi connectivity index (χ0) is 16.2. The van der Waals surface area contributed by atoms with E-state index in [1.807, 2.05) is 0 Å². The minimum Gasteiger partial charge on any atom is -0.508 e. The molecule has 0 aromatic heterocycles. The van der Waals surface area contributed by atoms with Crippen LogP contribution in [0.25, 0.3) is 0 Å². The third kappa shape index (κ3) is 8.29. The van der Waals surface area contributed by atoms with Gasteiger partial charge in [0, 0.05) is 25.1 Å². The molecular formula is C17H26N2O3. The van der Waals surface area contributed by atoms with Gasteiger partial charge in [-0.15, -0.1) is 0 Å². The second kappa shape index (κ2) is 10.7. The molecule has 0 heterocycles. The minimum absolute atomic E-state index is 0.156.